The van der Waals surface area contributed by atoms with Gasteiger partial charge < -0.3 is 14.6 Å². The van der Waals surface area contributed by atoms with E-state index in [0.29, 0.717) is 29.5 Å². The normalized spacial score (nSPS) is 17.2. The first-order valence-corrected chi connectivity index (χ1v) is 6.89. The summed E-state index contributed by atoms with van der Waals surface area (Å²) >= 11 is 6.11. The average molecular weight is 305 g/mol. The lowest BCUT2D eigenvalue weighted by Gasteiger charge is -2.08. The molecule has 2 aromatic rings. The van der Waals surface area contributed by atoms with E-state index in [1.54, 1.807) is 24.5 Å². The van der Waals surface area contributed by atoms with E-state index < -0.39 is 6.10 Å². The molecule has 5 nitrogen and oxygen atoms in total. The van der Waals surface area contributed by atoms with Gasteiger partial charge in [-0.15, -0.1) is 0 Å². The minimum atomic E-state index is -0.633. The molecule has 3 rings (SSSR count). The number of carbonyl (C=O) groups is 1. The van der Waals surface area contributed by atoms with Crippen molar-refractivity contribution in [1.82, 2.24) is 5.32 Å². The number of furan rings is 1. The van der Waals surface area contributed by atoms with Gasteiger partial charge in [0.05, 0.1) is 18.5 Å². The highest BCUT2D eigenvalue weighted by Gasteiger charge is 2.29. The van der Waals surface area contributed by atoms with Gasteiger partial charge in [-0.3, -0.25) is 4.79 Å². The third-order valence-electron chi connectivity index (χ3n) is 3.16. The summed E-state index contributed by atoms with van der Waals surface area (Å²) in [5.74, 6) is 0.464. The van der Waals surface area contributed by atoms with Gasteiger partial charge in [0.1, 0.15) is 5.76 Å². The first-order valence-electron chi connectivity index (χ1n) is 6.52. The largest absolute Gasteiger partial charge is 0.467 e. The summed E-state index contributed by atoms with van der Waals surface area (Å²) in [6.45, 7) is 0.327. The molecule has 1 aromatic heterocycles. The number of rotatable bonds is 4. The molecule has 0 aliphatic carbocycles. The Labute approximate surface area is 126 Å². The number of nitrogens with one attached hydrogen (secondary N) is 1. The van der Waals surface area contributed by atoms with Gasteiger partial charge in [-0.1, -0.05) is 35.0 Å². The maximum absolute atomic E-state index is 12.0. The molecule has 0 saturated heterocycles. The van der Waals surface area contributed by atoms with Crippen LogP contribution in [-0.2, 0) is 16.2 Å². The fraction of sp³-hybridized carbons (Fsp3) is 0.200. The molecule has 1 aromatic carbocycles. The predicted octanol–water partition coefficient (Wildman–Crippen LogP) is 2.74. The van der Waals surface area contributed by atoms with Crippen LogP contribution >= 0.6 is 11.6 Å². The highest BCUT2D eigenvalue weighted by Crippen LogP contribution is 2.22. The lowest BCUT2D eigenvalue weighted by molar-refractivity contribution is -0.131. The molecule has 108 valence electrons. The maximum atomic E-state index is 12.0. The molecule has 1 unspecified atom stereocenters. The monoisotopic (exact) mass is 304 g/mol. The number of benzene rings is 1. The second-order valence-corrected chi connectivity index (χ2v) is 5.02. The summed E-state index contributed by atoms with van der Waals surface area (Å²) in [6, 6.07) is 10.9. The molecule has 21 heavy (non-hydrogen) atoms. The molecule has 0 fully saturated rings. The smallest absolute Gasteiger partial charge is 0.264 e. The maximum Gasteiger partial charge on any atom is 0.264 e. The Morgan fingerprint density at radius 2 is 2.19 bits per heavy atom. The number of amides is 1. The summed E-state index contributed by atoms with van der Waals surface area (Å²) in [5, 5.41) is 7.31. The summed E-state index contributed by atoms with van der Waals surface area (Å²) < 4.78 is 5.15. The highest BCUT2D eigenvalue weighted by molar-refractivity contribution is 6.34. The van der Waals surface area contributed by atoms with Gasteiger partial charge in [0.2, 0.25) is 6.10 Å². The van der Waals surface area contributed by atoms with Crippen LogP contribution in [-0.4, -0.2) is 17.7 Å². The topological polar surface area (TPSA) is 63.8 Å². The third-order valence-corrected chi connectivity index (χ3v) is 3.49. The quantitative estimate of drug-likeness (QED) is 0.944. The van der Waals surface area contributed by atoms with Crippen molar-refractivity contribution in [3.05, 3.63) is 59.0 Å². The van der Waals surface area contributed by atoms with Gasteiger partial charge >= 0.3 is 0 Å². The Balaban J connectivity index is 1.58. The summed E-state index contributed by atoms with van der Waals surface area (Å²) in [6.07, 6.45) is 1.33. The van der Waals surface area contributed by atoms with E-state index in [-0.39, 0.29) is 5.91 Å². The first kappa shape index (κ1) is 13.7. The standard InChI is InChI=1S/C15H13ClN2O3/c16-12-6-2-1-5-11(12)13-8-14(21-18-13)15(19)17-9-10-4-3-7-20-10/h1-7,14H,8-9H2,(H,17,19). The SMILES string of the molecule is O=C(NCc1ccco1)C1CC(c2ccccc2Cl)=NO1. The lowest BCUT2D eigenvalue weighted by Crippen LogP contribution is -2.34. The minimum absolute atomic E-state index is 0.225. The van der Waals surface area contributed by atoms with Crippen LogP contribution in [0.5, 0.6) is 0 Å². The van der Waals surface area contributed by atoms with Gasteiger partial charge in [-0.2, -0.15) is 0 Å². The van der Waals surface area contributed by atoms with Gasteiger partial charge in [0.25, 0.3) is 5.91 Å². The molecular weight excluding hydrogens is 292 g/mol. The number of oxime groups is 1. The van der Waals surface area contributed by atoms with E-state index in [2.05, 4.69) is 10.5 Å². The highest BCUT2D eigenvalue weighted by atomic mass is 35.5. The summed E-state index contributed by atoms with van der Waals surface area (Å²) in [5.41, 5.74) is 1.47. The number of nitrogens with zero attached hydrogens (tertiary/aromatic N) is 1. The Hall–Kier alpha value is -2.27. The van der Waals surface area contributed by atoms with E-state index >= 15 is 0 Å². The van der Waals surface area contributed by atoms with Crippen LogP contribution in [0.25, 0.3) is 0 Å². The van der Waals surface area contributed by atoms with Crippen molar-refractivity contribution in [2.45, 2.75) is 19.1 Å². The average Bonchev–Trinajstić information content (AvgIpc) is 3.17. The lowest BCUT2D eigenvalue weighted by atomic mass is 10.0. The molecule has 0 bridgehead atoms. The predicted molar refractivity (Wildman–Crippen MR) is 78.0 cm³/mol. The number of hydrogen-bond donors (Lipinski definition) is 1. The summed E-state index contributed by atoms with van der Waals surface area (Å²) in [4.78, 5) is 17.2. The zero-order chi connectivity index (χ0) is 14.7. The number of hydrogen-bond acceptors (Lipinski definition) is 4. The number of carbonyl (C=O) groups excluding carboxylic acids is 1. The molecule has 1 aliphatic rings. The summed E-state index contributed by atoms with van der Waals surface area (Å²) in [7, 11) is 0. The second-order valence-electron chi connectivity index (χ2n) is 4.61. The van der Waals surface area contributed by atoms with Gasteiger partial charge in [0, 0.05) is 17.0 Å². The van der Waals surface area contributed by atoms with Gasteiger partial charge in [0.15, 0.2) is 0 Å². The van der Waals surface area contributed by atoms with E-state index in [1.807, 2.05) is 18.2 Å². The van der Waals surface area contributed by atoms with Crippen molar-refractivity contribution in [3.63, 3.8) is 0 Å². The van der Waals surface area contributed by atoms with Crippen LogP contribution in [0, 0.1) is 0 Å². The Morgan fingerprint density at radius 3 is 2.95 bits per heavy atom. The number of halogens is 1. The van der Waals surface area contributed by atoms with Crippen LogP contribution in [0.1, 0.15) is 17.7 Å². The van der Waals surface area contributed by atoms with Crippen LogP contribution in [0.4, 0.5) is 0 Å². The van der Waals surface area contributed by atoms with Crippen molar-refractivity contribution in [2.75, 3.05) is 0 Å². The molecule has 1 amide bonds. The van der Waals surface area contributed by atoms with Crippen molar-refractivity contribution in [3.8, 4) is 0 Å². The van der Waals surface area contributed by atoms with E-state index in [1.165, 1.54) is 0 Å². The first-order chi connectivity index (χ1) is 10.2. The minimum Gasteiger partial charge on any atom is -0.467 e. The van der Waals surface area contributed by atoms with Crippen molar-refractivity contribution < 1.29 is 14.0 Å². The zero-order valence-electron chi connectivity index (χ0n) is 11.1. The van der Waals surface area contributed by atoms with Crippen LogP contribution in [0.2, 0.25) is 5.02 Å². The van der Waals surface area contributed by atoms with Crippen molar-refractivity contribution in [1.29, 1.82) is 0 Å². The fourth-order valence-corrected chi connectivity index (χ4v) is 2.32. The third kappa shape index (κ3) is 3.08. The Morgan fingerprint density at radius 1 is 1.33 bits per heavy atom. The molecule has 2 heterocycles. The fourth-order valence-electron chi connectivity index (χ4n) is 2.07. The van der Waals surface area contributed by atoms with Crippen molar-refractivity contribution >= 4 is 23.2 Å². The van der Waals surface area contributed by atoms with E-state index in [9.17, 15) is 4.79 Å². The van der Waals surface area contributed by atoms with Crippen LogP contribution in [0.15, 0.2) is 52.2 Å². The Kier molecular flexibility index (Phi) is 3.92. The van der Waals surface area contributed by atoms with Crippen LogP contribution < -0.4 is 5.32 Å². The van der Waals surface area contributed by atoms with Gasteiger partial charge in [-0.05, 0) is 18.2 Å². The molecule has 0 spiro atoms. The zero-order valence-corrected chi connectivity index (χ0v) is 11.8. The molecule has 6 heteroatoms. The molecule has 1 atom stereocenters. The molecular formula is C15H13ClN2O3. The van der Waals surface area contributed by atoms with Gasteiger partial charge in [-0.25, -0.2) is 0 Å². The second kappa shape index (κ2) is 6.01. The van der Waals surface area contributed by atoms with Crippen molar-refractivity contribution in [2.24, 2.45) is 5.16 Å². The molecule has 1 N–H and O–H groups in total. The van der Waals surface area contributed by atoms with Crippen LogP contribution in [0.3, 0.4) is 0 Å². The molecule has 0 saturated carbocycles. The van der Waals surface area contributed by atoms with E-state index in [0.717, 1.165) is 5.56 Å². The molecule has 1 aliphatic heterocycles. The Bertz CT molecular complexity index is 667. The van der Waals surface area contributed by atoms with E-state index in [4.69, 9.17) is 20.9 Å². The molecule has 0 radical (unpaired) electrons.